The van der Waals surface area contributed by atoms with Gasteiger partial charge in [0.15, 0.2) is 6.61 Å². The average molecular weight is 342 g/mol. The van der Waals surface area contributed by atoms with Crippen molar-refractivity contribution >= 4 is 7.12 Å². The summed E-state index contributed by atoms with van der Waals surface area (Å²) >= 11 is 0. The monoisotopic (exact) mass is 342 g/mol. The molecule has 1 aliphatic carbocycles. The summed E-state index contributed by atoms with van der Waals surface area (Å²) in [5, 5.41) is 0. The van der Waals surface area contributed by atoms with Crippen LogP contribution in [0.3, 0.4) is 0 Å². The van der Waals surface area contributed by atoms with E-state index in [4.69, 9.17) is 14.0 Å². The lowest BCUT2D eigenvalue weighted by Crippen LogP contribution is -2.41. The maximum absolute atomic E-state index is 12.2. The highest BCUT2D eigenvalue weighted by atomic mass is 19.4. The van der Waals surface area contributed by atoms with Crippen LogP contribution in [0.15, 0.2) is 24.3 Å². The van der Waals surface area contributed by atoms with Crippen LogP contribution in [-0.4, -0.2) is 31.1 Å². The van der Waals surface area contributed by atoms with E-state index in [-0.39, 0.29) is 29.9 Å². The lowest BCUT2D eigenvalue weighted by Gasteiger charge is -2.32. The first-order chi connectivity index (χ1) is 11.0. The minimum atomic E-state index is -4.32. The Bertz CT molecular complexity index is 582. The number of alkyl halides is 3. The molecular formula is C17H22BF3O3. The SMILES string of the molecule is CC1(C)OB(C2C[C@@H]2c2ccc(OCC(F)(F)F)cc2)OC1(C)C. The van der Waals surface area contributed by atoms with Crippen molar-refractivity contribution in [1.29, 1.82) is 0 Å². The van der Waals surface area contributed by atoms with Crippen molar-refractivity contribution in [1.82, 2.24) is 0 Å². The topological polar surface area (TPSA) is 27.7 Å². The van der Waals surface area contributed by atoms with Crippen molar-refractivity contribution in [2.45, 2.75) is 63.2 Å². The Morgan fingerprint density at radius 2 is 1.62 bits per heavy atom. The Labute approximate surface area is 140 Å². The number of halogens is 3. The summed E-state index contributed by atoms with van der Waals surface area (Å²) in [6.45, 7) is 6.83. The molecule has 132 valence electrons. The van der Waals surface area contributed by atoms with Crippen LogP contribution in [-0.2, 0) is 9.31 Å². The molecule has 1 saturated heterocycles. The van der Waals surface area contributed by atoms with Gasteiger partial charge in [-0.3, -0.25) is 0 Å². The fourth-order valence-electron chi connectivity index (χ4n) is 2.94. The van der Waals surface area contributed by atoms with Crippen LogP contribution in [0.1, 0.15) is 45.6 Å². The van der Waals surface area contributed by atoms with Gasteiger partial charge >= 0.3 is 13.3 Å². The Hall–Kier alpha value is -1.21. The number of ether oxygens (including phenoxy) is 1. The molecule has 7 heteroatoms. The van der Waals surface area contributed by atoms with Gasteiger partial charge in [-0.05, 0) is 57.7 Å². The van der Waals surface area contributed by atoms with E-state index in [1.807, 2.05) is 39.8 Å². The van der Waals surface area contributed by atoms with E-state index in [9.17, 15) is 13.2 Å². The van der Waals surface area contributed by atoms with Crippen LogP contribution in [0.2, 0.25) is 5.82 Å². The van der Waals surface area contributed by atoms with E-state index in [2.05, 4.69) is 0 Å². The molecule has 1 aliphatic heterocycles. The Balaban J connectivity index is 1.58. The zero-order chi connectivity index (χ0) is 17.8. The van der Waals surface area contributed by atoms with E-state index >= 15 is 0 Å². The third-order valence-electron chi connectivity index (χ3n) is 5.17. The molecule has 0 N–H and O–H groups in total. The molecule has 0 bridgehead atoms. The normalized spacial score (nSPS) is 28.0. The van der Waals surface area contributed by atoms with E-state index in [1.54, 1.807) is 12.1 Å². The Kier molecular flexibility index (Phi) is 4.16. The fourth-order valence-corrected chi connectivity index (χ4v) is 2.94. The van der Waals surface area contributed by atoms with Crippen molar-refractivity contribution in [3.63, 3.8) is 0 Å². The van der Waals surface area contributed by atoms with E-state index in [1.165, 1.54) is 0 Å². The van der Waals surface area contributed by atoms with Gasteiger partial charge in [-0.1, -0.05) is 12.1 Å². The Morgan fingerprint density at radius 3 is 2.12 bits per heavy atom. The lowest BCUT2D eigenvalue weighted by atomic mass is 9.79. The second kappa shape index (κ2) is 5.66. The first kappa shape index (κ1) is 17.6. The number of hydrogen-bond acceptors (Lipinski definition) is 3. The number of benzene rings is 1. The summed E-state index contributed by atoms with van der Waals surface area (Å²) < 4.78 is 53.3. The highest BCUT2D eigenvalue weighted by molar-refractivity contribution is 6.49. The first-order valence-corrected chi connectivity index (χ1v) is 8.14. The molecule has 0 aromatic heterocycles. The molecule has 3 rings (SSSR count). The molecule has 0 radical (unpaired) electrons. The quantitative estimate of drug-likeness (QED) is 0.750. The molecule has 0 amide bonds. The molecule has 2 atom stereocenters. The number of rotatable bonds is 4. The minimum absolute atomic E-state index is 0.226. The zero-order valence-electron chi connectivity index (χ0n) is 14.3. The molecule has 24 heavy (non-hydrogen) atoms. The smallest absolute Gasteiger partial charge is 0.461 e. The molecule has 0 spiro atoms. The fraction of sp³-hybridized carbons (Fsp3) is 0.647. The van der Waals surface area contributed by atoms with Gasteiger partial charge in [0.2, 0.25) is 0 Å². The van der Waals surface area contributed by atoms with Gasteiger partial charge in [-0.2, -0.15) is 13.2 Å². The molecule has 1 aromatic carbocycles. The summed E-state index contributed by atoms with van der Waals surface area (Å²) in [7, 11) is -0.235. The van der Waals surface area contributed by atoms with Crippen molar-refractivity contribution in [2.75, 3.05) is 6.61 Å². The maximum Gasteiger partial charge on any atom is 0.461 e. The molecule has 1 heterocycles. The minimum Gasteiger partial charge on any atom is -0.484 e. The van der Waals surface area contributed by atoms with Gasteiger partial charge < -0.3 is 14.0 Å². The van der Waals surface area contributed by atoms with Crippen LogP contribution in [0.4, 0.5) is 13.2 Å². The Morgan fingerprint density at radius 1 is 1.08 bits per heavy atom. The molecular weight excluding hydrogens is 320 g/mol. The summed E-state index contributed by atoms with van der Waals surface area (Å²) in [5.41, 5.74) is 0.384. The van der Waals surface area contributed by atoms with Crippen LogP contribution in [0.25, 0.3) is 0 Å². The highest BCUT2D eigenvalue weighted by Gasteiger charge is 2.59. The molecule has 1 aromatic rings. The van der Waals surface area contributed by atoms with E-state index in [0.29, 0.717) is 5.92 Å². The van der Waals surface area contributed by atoms with Crippen LogP contribution in [0.5, 0.6) is 5.75 Å². The summed E-state index contributed by atoms with van der Waals surface area (Å²) in [4.78, 5) is 0. The third kappa shape index (κ3) is 3.57. The van der Waals surface area contributed by atoms with Gasteiger partial charge in [-0.15, -0.1) is 0 Å². The van der Waals surface area contributed by atoms with E-state index in [0.717, 1.165) is 12.0 Å². The predicted octanol–water partition coefficient (Wildman–Crippen LogP) is 4.58. The molecule has 3 nitrogen and oxygen atoms in total. The van der Waals surface area contributed by atoms with Crippen molar-refractivity contribution in [2.24, 2.45) is 0 Å². The van der Waals surface area contributed by atoms with Gasteiger partial charge in [0, 0.05) is 5.82 Å². The van der Waals surface area contributed by atoms with Gasteiger partial charge in [0.05, 0.1) is 11.2 Å². The molecule has 2 fully saturated rings. The second-order valence-electron chi connectivity index (χ2n) is 7.60. The number of hydrogen-bond donors (Lipinski definition) is 0. The summed E-state index contributed by atoms with van der Waals surface area (Å²) in [6, 6.07) is 6.81. The molecule has 1 saturated carbocycles. The third-order valence-corrected chi connectivity index (χ3v) is 5.17. The molecule has 1 unspecified atom stereocenters. The summed E-state index contributed by atoms with van der Waals surface area (Å²) in [6.07, 6.45) is -3.36. The zero-order valence-corrected chi connectivity index (χ0v) is 14.3. The lowest BCUT2D eigenvalue weighted by molar-refractivity contribution is -0.153. The second-order valence-corrected chi connectivity index (χ2v) is 7.60. The average Bonchev–Trinajstić information content (AvgIpc) is 3.20. The van der Waals surface area contributed by atoms with Crippen molar-refractivity contribution in [3.05, 3.63) is 29.8 Å². The molecule has 2 aliphatic rings. The van der Waals surface area contributed by atoms with Crippen molar-refractivity contribution in [3.8, 4) is 5.75 Å². The highest BCUT2D eigenvalue weighted by Crippen LogP contribution is 2.58. The van der Waals surface area contributed by atoms with Gasteiger partial charge in [0.1, 0.15) is 5.75 Å². The van der Waals surface area contributed by atoms with Gasteiger partial charge in [-0.25, -0.2) is 0 Å². The maximum atomic E-state index is 12.2. The van der Waals surface area contributed by atoms with Gasteiger partial charge in [0.25, 0.3) is 0 Å². The first-order valence-electron chi connectivity index (χ1n) is 8.14. The largest absolute Gasteiger partial charge is 0.484 e. The van der Waals surface area contributed by atoms with Crippen LogP contribution < -0.4 is 4.74 Å². The predicted molar refractivity (Wildman–Crippen MR) is 85.2 cm³/mol. The summed E-state index contributed by atoms with van der Waals surface area (Å²) in [5.74, 6) is 0.827. The van der Waals surface area contributed by atoms with Crippen molar-refractivity contribution < 1.29 is 27.2 Å². The van der Waals surface area contributed by atoms with E-state index < -0.39 is 12.8 Å². The standard InChI is InChI=1S/C17H22BF3O3/c1-15(2)16(3,4)24-18(23-15)14-9-13(14)11-5-7-12(8-6-11)22-10-17(19,20)21/h5-8,13-14H,9-10H2,1-4H3/t13-,14?/m1/s1. The van der Waals surface area contributed by atoms with Crippen LogP contribution >= 0.6 is 0 Å². The van der Waals surface area contributed by atoms with Crippen LogP contribution in [0, 0.1) is 0 Å².